The van der Waals surface area contributed by atoms with Crippen molar-refractivity contribution >= 4 is 0 Å². The minimum Gasteiger partial charge on any atom is -0.372 e. The Morgan fingerprint density at radius 1 is 1.19 bits per heavy atom. The van der Waals surface area contributed by atoms with Gasteiger partial charge in [-0.15, -0.1) is 0 Å². The van der Waals surface area contributed by atoms with E-state index in [9.17, 15) is 0 Å². The lowest BCUT2D eigenvalue weighted by Crippen LogP contribution is -2.33. The van der Waals surface area contributed by atoms with Gasteiger partial charge in [0, 0.05) is 6.54 Å². The van der Waals surface area contributed by atoms with Crippen LogP contribution in [0.4, 0.5) is 0 Å². The van der Waals surface area contributed by atoms with E-state index in [0.29, 0.717) is 5.41 Å². The number of nitrogens with zero attached hydrogens (tertiary/aromatic N) is 1. The molecule has 0 spiro atoms. The van der Waals surface area contributed by atoms with E-state index in [0.717, 1.165) is 19.6 Å². The molecular weight excluding hydrogens is 258 g/mol. The second-order valence-electron chi connectivity index (χ2n) is 6.83. The van der Waals surface area contributed by atoms with Gasteiger partial charge in [-0.3, -0.25) is 0 Å². The summed E-state index contributed by atoms with van der Waals surface area (Å²) in [5.74, 6) is 0. The van der Waals surface area contributed by atoms with Gasteiger partial charge in [-0.2, -0.15) is 0 Å². The average Bonchev–Trinajstić information content (AvgIpc) is 2.56. The van der Waals surface area contributed by atoms with Gasteiger partial charge in [-0.05, 0) is 56.2 Å². The second kappa shape index (κ2) is 8.14. The molecule has 120 valence electrons. The van der Waals surface area contributed by atoms with Crippen molar-refractivity contribution in [3.8, 4) is 0 Å². The number of piperidine rings is 1. The fourth-order valence-electron chi connectivity index (χ4n) is 3.35. The molecule has 21 heavy (non-hydrogen) atoms. The fourth-order valence-corrected chi connectivity index (χ4v) is 3.35. The Hall–Kier alpha value is -0.600. The van der Waals surface area contributed by atoms with Crippen LogP contribution in [0.2, 0.25) is 0 Å². The second-order valence-corrected chi connectivity index (χ2v) is 6.83. The Balaban J connectivity index is 1.71. The van der Waals surface area contributed by atoms with E-state index in [1.807, 2.05) is 0 Å². The Labute approximate surface area is 131 Å². The molecule has 0 saturated carbocycles. The number of allylic oxidation sites excluding steroid dienone is 2. The van der Waals surface area contributed by atoms with Crippen molar-refractivity contribution in [1.82, 2.24) is 4.90 Å². The lowest BCUT2D eigenvalue weighted by molar-refractivity contribution is 0.0606. The molecule has 2 aliphatic rings. The van der Waals surface area contributed by atoms with Gasteiger partial charge in [0.05, 0.1) is 12.7 Å². The summed E-state index contributed by atoms with van der Waals surface area (Å²) < 4.78 is 6.04. The summed E-state index contributed by atoms with van der Waals surface area (Å²) in [6.45, 7) is 11.5. The molecule has 0 aromatic rings. The Bertz CT molecular complexity index is 362. The summed E-state index contributed by atoms with van der Waals surface area (Å²) in [6, 6.07) is 0. The van der Waals surface area contributed by atoms with Crippen LogP contribution in [0.15, 0.2) is 23.8 Å². The number of hydrogen-bond acceptors (Lipinski definition) is 2. The minimum absolute atomic E-state index is 0.288. The van der Waals surface area contributed by atoms with Gasteiger partial charge in [-0.25, -0.2) is 0 Å². The van der Waals surface area contributed by atoms with Crippen LogP contribution < -0.4 is 0 Å². The van der Waals surface area contributed by atoms with Crippen LogP contribution in [0.25, 0.3) is 0 Å². The summed E-state index contributed by atoms with van der Waals surface area (Å²) in [7, 11) is 0. The number of ether oxygens (including phenoxy) is 1. The SMILES string of the molecule is CCC(C)(CC)C1=CCC(OCCN2CCCCC2)C=C1. The van der Waals surface area contributed by atoms with Crippen LogP contribution in [0.1, 0.15) is 59.3 Å². The van der Waals surface area contributed by atoms with E-state index in [1.165, 1.54) is 50.8 Å². The van der Waals surface area contributed by atoms with Gasteiger partial charge < -0.3 is 9.64 Å². The molecule has 0 bridgehead atoms. The average molecular weight is 291 g/mol. The third kappa shape index (κ3) is 4.69. The largest absolute Gasteiger partial charge is 0.372 e. The first kappa shape index (κ1) is 16.8. The summed E-state index contributed by atoms with van der Waals surface area (Å²) >= 11 is 0. The van der Waals surface area contributed by atoms with Crippen molar-refractivity contribution in [3.05, 3.63) is 23.8 Å². The molecule has 0 aromatic carbocycles. The Morgan fingerprint density at radius 3 is 2.48 bits per heavy atom. The van der Waals surface area contributed by atoms with Gasteiger partial charge in [-0.1, -0.05) is 45.4 Å². The van der Waals surface area contributed by atoms with E-state index in [4.69, 9.17) is 4.74 Å². The molecular formula is C19H33NO. The highest BCUT2D eigenvalue weighted by Crippen LogP contribution is 2.37. The normalized spacial score (nSPS) is 24.1. The van der Waals surface area contributed by atoms with E-state index < -0.39 is 0 Å². The lowest BCUT2D eigenvalue weighted by atomic mass is 9.75. The number of rotatable bonds is 7. The van der Waals surface area contributed by atoms with E-state index >= 15 is 0 Å². The standard InChI is InChI=1S/C19H33NO/c1-4-19(3,5-2)17-9-11-18(12-10-17)21-16-15-20-13-7-6-8-14-20/h9-11,18H,4-8,12-16H2,1-3H3. The third-order valence-corrected chi connectivity index (χ3v) is 5.51. The Morgan fingerprint density at radius 2 is 1.90 bits per heavy atom. The zero-order valence-corrected chi connectivity index (χ0v) is 14.2. The Kier molecular flexibility index (Phi) is 6.50. The lowest BCUT2D eigenvalue weighted by Gasteiger charge is -2.31. The summed E-state index contributed by atoms with van der Waals surface area (Å²) in [4.78, 5) is 2.54. The molecule has 1 saturated heterocycles. The zero-order valence-electron chi connectivity index (χ0n) is 14.2. The topological polar surface area (TPSA) is 12.5 Å². The molecule has 0 N–H and O–H groups in total. The van der Waals surface area contributed by atoms with Crippen LogP contribution in [-0.4, -0.2) is 37.2 Å². The highest BCUT2D eigenvalue weighted by atomic mass is 16.5. The monoisotopic (exact) mass is 291 g/mol. The van der Waals surface area contributed by atoms with E-state index in [-0.39, 0.29) is 6.10 Å². The van der Waals surface area contributed by atoms with Crippen molar-refractivity contribution in [1.29, 1.82) is 0 Å². The maximum Gasteiger partial charge on any atom is 0.0794 e. The summed E-state index contributed by atoms with van der Waals surface area (Å²) in [5.41, 5.74) is 1.85. The molecule has 2 nitrogen and oxygen atoms in total. The minimum atomic E-state index is 0.288. The van der Waals surface area contributed by atoms with Gasteiger partial charge in [0.1, 0.15) is 0 Å². The smallest absolute Gasteiger partial charge is 0.0794 e. The zero-order chi connectivity index (χ0) is 15.1. The first-order chi connectivity index (χ1) is 10.2. The molecule has 1 heterocycles. The quantitative estimate of drug-likeness (QED) is 0.681. The maximum atomic E-state index is 6.04. The molecule has 0 radical (unpaired) electrons. The van der Waals surface area contributed by atoms with Gasteiger partial charge in [0.15, 0.2) is 0 Å². The first-order valence-electron chi connectivity index (χ1n) is 8.90. The predicted octanol–water partition coefficient (Wildman–Crippen LogP) is 4.57. The van der Waals surface area contributed by atoms with Crippen molar-refractivity contribution in [2.24, 2.45) is 5.41 Å². The highest BCUT2D eigenvalue weighted by molar-refractivity contribution is 5.30. The van der Waals surface area contributed by atoms with Gasteiger partial charge in [0.25, 0.3) is 0 Å². The molecule has 0 aromatic heterocycles. The molecule has 1 fully saturated rings. The van der Waals surface area contributed by atoms with Crippen LogP contribution in [-0.2, 0) is 4.74 Å². The third-order valence-electron chi connectivity index (χ3n) is 5.51. The van der Waals surface area contributed by atoms with Gasteiger partial charge >= 0.3 is 0 Å². The molecule has 1 aliphatic carbocycles. The van der Waals surface area contributed by atoms with E-state index in [1.54, 1.807) is 0 Å². The molecule has 0 amide bonds. The molecule has 1 aliphatic heterocycles. The van der Waals surface area contributed by atoms with Crippen LogP contribution in [0.3, 0.4) is 0 Å². The van der Waals surface area contributed by atoms with Crippen molar-refractivity contribution in [2.75, 3.05) is 26.2 Å². The first-order valence-corrected chi connectivity index (χ1v) is 8.90. The van der Waals surface area contributed by atoms with Crippen LogP contribution in [0.5, 0.6) is 0 Å². The molecule has 2 rings (SSSR count). The predicted molar refractivity (Wildman–Crippen MR) is 90.6 cm³/mol. The number of hydrogen-bond donors (Lipinski definition) is 0. The maximum absolute atomic E-state index is 6.04. The van der Waals surface area contributed by atoms with Crippen LogP contribution >= 0.6 is 0 Å². The van der Waals surface area contributed by atoms with Gasteiger partial charge in [0.2, 0.25) is 0 Å². The van der Waals surface area contributed by atoms with Crippen molar-refractivity contribution in [3.63, 3.8) is 0 Å². The highest BCUT2D eigenvalue weighted by Gasteiger charge is 2.25. The summed E-state index contributed by atoms with van der Waals surface area (Å²) in [5, 5.41) is 0. The molecule has 1 atom stereocenters. The number of likely N-dealkylation sites (tertiary alicyclic amines) is 1. The van der Waals surface area contributed by atoms with Crippen LogP contribution in [0, 0.1) is 5.41 Å². The van der Waals surface area contributed by atoms with Crippen molar-refractivity contribution in [2.45, 2.75) is 65.4 Å². The fraction of sp³-hybridized carbons (Fsp3) is 0.789. The summed E-state index contributed by atoms with van der Waals surface area (Å²) in [6.07, 6.45) is 14.9. The van der Waals surface area contributed by atoms with E-state index in [2.05, 4.69) is 43.9 Å². The molecule has 2 heteroatoms. The molecule has 1 unspecified atom stereocenters. The van der Waals surface area contributed by atoms with Crippen molar-refractivity contribution < 1.29 is 4.74 Å².